The number of hydrogen-bond donors (Lipinski definition) is 3. The van der Waals surface area contributed by atoms with Gasteiger partial charge in [0, 0.05) is 18.7 Å². The van der Waals surface area contributed by atoms with Crippen molar-refractivity contribution in [2.24, 2.45) is 5.92 Å². The van der Waals surface area contributed by atoms with Gasteiger partial charge in [-0.3, -0.25) is 0 Å². The van der Waals surface area contributed by atoms with Gasteiger partial charge >= 0.3 is 5.97 Å². The third kappa shape index (κ3) is 2.87. The lowest BCUT2D eigenvalue weighted by molar-refractivity contribution is 0.0660. The number of aliphatic hydroxyl groups excluding tert-OH is 1. The lowest BCUT2D eigenvalue weighted by Crippen LogP contribution is -2.27. The number of carboxylic acid groups (broad SMARTS) is 1. The van der Waals surface area contributed by atoms with Crippen LogP contribution in [0.5, 0.6) is 0 Å². The maximum absolute atomic E-state index is 10.8. The summed E-state index contributed by atoms with van der Waals surface area (Å²) in [5.74, 6) is -0.771. The zero-order valence-electron chi connectivity index (χ0n) is 9.56. The zero-order valence-corrected chi connectivity index (χ0v) is 9.56. The molecule has 0 spiro atoms. The molecule has 17 heavy (non-hydrogen) atoms. The van der Waals surface area contributed by atoms with Crippen LogP contribution in [0.4, 0.5) is 0 Å². The number of hydrogen-bond acceptors (Lipinski definition) is 4. The molecule has 0 bridgehead atoms. The van der Waals surface area contributed by atoms with E-state index in [1.54, 1.807) is 6.07 Å². The molecule has 2 atom stereocenters. The molecule has 1 aromatic heterocycles. The zero-order chi connectivity index (χ0) is 12.3. The number of aliphatic hydroxyl groups is 1. The monoisotopic (exact) mass is 239 g/mol. The van der Waals surface area contributed by atoms with Gasteiger partial charge in [-0.25, -0.2) is 4.79 Å². The third-order valence-corrected chi connectivity index (χ3v) is 3.28. The minimum absolute atomic E-state index is 0.00975. The molecule has 1 heterocycles. The minimum Gasteiger partial charge on any atom is -0.475 e. The van der Waals surface area contributed by atoms with Crippen molar-refractivity contribution >= 4 is 5.97 Å². The van der Waals surface area contributed by atoms with Crippen molar-refractivity contribution in [3.8, 4) is 0 Å². The fourth-order valence-corrected chi connectivity index (χ4v) is 2.31. The van der Waals surface area contributed by atoms with Gasteiger partial charge in [0.05, 0.1) is 12.4 Å². The second-order valence-corrected chi connectivity index (χ2v) is 4.47. The van der Waals surface area contributed by atoms with Gasteiger partial charge in [0.25, 0.3) is 0 Å². The maximum Gasteiger partial charge on any atom is 0.372 e. The number of rotatable bonds is 5. The molecular weight excluding hydrogens is 222 g/mol. The summed E-state index contributed by atoms with van der Waals surface area (Å²) >= 11 is 0. The van der Waals surface area contributed by atoms with Crippen LogP contribution in [0, 0.1) is 5.92 Å². The largest absolute Gasteiger partial charge is 0.475 e. The van der Waals surface area contributed by atoms with E-state index in [0.717, 1.165) is 19.3 Å². The average Bonchev–Trinajstić information content (AvgIpc) is 2.88. The lowest BCUT2D eigenvalue weighted by atomic mass is 10.1. The fraction of sp³-hybridized carbons (Fsp3) is 0.583. The molecule has 2 rings (SSSR count). The summed E-state index contributed by atoms with van der Waals surface area (Å²) in [5.41, 5.74) is 0.644. The van der Waals surface area contributed by atoms with Crippen molar-refractivity contribution in [1.29, 1.82) is 0 Å². The van der Waals surface area contributed by atoms with Gasteiger partial charge in [0.2, 0.25) is 5.76 Å². The number of nitrogens with one attached hydrogen (secondary N) is 1. The molecule has 0 amide bonds. The van der Waals surface area contributed by atoms with Crippen molar-refractivity contribution in [3.05, 3.63) is 23.7 Å². The second-order valence-electron chi connectivity index (χ2n) is 4.47. The van der Waals surface area contributed by atoms with Gasteiger partial charge in [-0.2, -0.15) is 0 Å². The van der Waals surface area contributed by atoms with Crippen LogP contribution in [0.15, 0.2) is 16.7 Å². The van der Waals surface area contributed by atoms with Crippen LogP contribution in [-0.2, 0) is 6.54 Å². The molecule has 3 N–H and O–H groups in total. The van der Waals surface area contributed by atoms with Crippen LogP contribution in [0.1, 0.15) is 35.4 Å². The topological polar surface area (TPSA) is 82.7 Å². The highest BCUT2D eigenvalue weighted by Crippen LogP contribution is 2.24. The van der Waals surface area contributed by atoms with Crippen molar-refractivity contribution in [3.63, 3.8) is 0 Å². The van der Waals surface area contributed by atoms with Crippen LogP contribution in [0.3, 0.4) is 0 Å². The van der Waals surface area contributed by atoms with Crippen LogP contribution in [0.2, 0.25) is 0 Å². The van der Waals surface area contributed by atoms with Crippen molar-refractivity contribution in [1.82, 2.24) is 5.32 Å². The van der Waals surface area contributed by atoms with E-state index in [4.69, 9.17) is 9.52 Å². The Balaban J connectivity index is 1.81. The van der Waals surface area contributed by atoms with Crippen molar-refractivity contribution in [2.75, 3.05) is 6.54 Å². The van der Waals surface area contributed by atoms with Crippen LogP contribution >= 0.6 is 0 Å². The van der Waals surface area contributed by atoms with E-state index in [2.05, 4.69) is 5.32 Å². The highest BCUT2D eigenvalue weighted by Gasteiger charge is 2.24. The van der Waals surface area contributed by atoms with Gasteiger partial charge < -0.3 is 19.9 Å². The predicted molar refractivity (Wildman–Crippen MR) is 60.7 cm³/mol. The molecule has 1 aliphatic carbocycles. The van der Waals surface area contributed by atoms with Gasteiger partial charge in [0.15, 0.2) is 0 Å². The van der Waals surface area contributed by atoms with E-state index >= 15 is 0 Å². The van der Waals surface area contributed by atoms with E-state index in [1.807, 2.05) is 0 Å². The van der Waals surface area contributed by atoms with Gasteiger partial charge in [-0.1, -0.05) is 6.42 Å². The Morgan fingerprint density at radius 1 is 1.53 bits per heavy atom. The molecule has 2 unspecified atom stereocenters. The molecule has 0 radical (unpaired) electrons. The Hall–Kier alpha value is -1.33. The molecule has 0 aliphatic heterocycles. The number of furan rings is 1. The Morgan fingerprint density at radius 3 is 3.00 bits per heavy atom. The molecule has 1 saturated carbocycles. The maximum atomic E-state index is 10.8. The standard InChI is InChI=1S/C12H17NO4/c14-10-3-1-2-8(10)6-13-7-9-4-5-17-11(9)12(15)16/h4-5,8,10,13-14H,1-3,6-7H2,(H,15,16). The van der Waals surface area contributed by atoms with E-state index < -0.39 is 5.97 Å². The molecule has 0 saturated heterocycles. The highest BCUT2D eigenvalue weighted by molar-refractivity contribution is 5.86. The molecule has 94 valence electrons. The normalized spacial score (nSPS) is 24.1. The van der Waals surface area contributed by atoms with Gasteiger partial charge in [-0.05, 0) is 24.8 Å². The molecule has 1 aliphatic rings. The molecule has 5 nitrogen and oxygen atoms in total. The second kappa shape index (κ2) is 5.33. The third-order valence-electron chi connectivity index (χ3n) is 3.28. The van der Waals surface area contributed by atoms with Gasteiger partial charge in [-0.15, -0.1) is 0 Å². The first-order chi connectivity index (χ1) is 8.18. The predicted octanol–water partition coefficient (Wildman–Crippen LogP) is 1.23. The van der Waals surface area contributed by atoms with Gasteiger partial charge in [0.1, 0.15) is 0 Å². The van der Waals surface area contributed by atoms with Crippen LogP contribution in [-0.4, -0.2) is 28.8 Å². The highest BCUT2D eigenvalue weighted by atomic mass is 16.4. The SMILES string of the molecule is O=C(O)c1occc1CNCC1CCCC1O. The molecular formula is C12H17NO4. The number of aromatic carboxylic acids is 1. The first kappa shape index (κ1) is 12.1. The summed E-state index contributed by atoms with van der Waals surface area (Å²) < 4.78 is 4.88. The van der Waals surface area contributed by atoms with E-state index in [-0.39, 0.29) is 17.8 Å². The van der Waals surface area contributed by atoms with E-state index in [9.17, 15) is 9.90 Å². The van der Waals surface area contributed by atoms with Crippen molar-refractivity contribution < 1.29 is 19.4 Å². The molecule has 0 aromatic carbocycles. The number of carboxylic acids is 1. The Morgan fingerprint density at radius 2 is 2.35 bits per heavy atom. The summed E-state index contributed by atoms with van der Waals surface area (Å²) in [4.78, 5) is 10.8. The Bertz CT molecular complexity index is 388. The van der Waals surface area contributed by atoms with Crippen LogP contribution in [0.25, 0.3) is 0 Å². The first-order valence-electron chi connectivity index (χ1n) is 5.87. The minimum atomic E-state index is -1.05. The quantitative estimate of drug-likeness (QED) is 0.719. The number of carbonyl (C=O) groups is 1. The molecule has 1 aromatic rings. The summed E-state index contributed by atoms with van der Waals surface area (Å²) in [6, 6.07) is 1.65. The summed E-state index contributed by atoms with van der Waals surface area (Å²) in [6.07, 6.45) is 4.14. The van der Waals surface area contributed by atoms with E-state index in [0.29, 0.717) is 18.7 Å². The van der Waals surface area contributed by atoms with Crippen LogP contribution < -0.4 is 5.32 Å². The smallest absolute Gasteiger partial charge is 0.372 e. The molecule has 1 fully saturated rings. The fourth-order valence-electron chi connectivity index (χ4n) is 2.31. The summed E-state index contributed by atoms with van der Waals surface area (Å²) in [7, 11) is 0. The lowest BCUT2D eigenvalue weighted by Gasteiger charge is -2.14. The Kier molecular flexibility index (Phi) is 3.81. The Labute approximate surface area is 99.4 Å². The first-order valence-corrected chi connectivity index (χ1v) is 5.87. The van der Waals surface area contributed by atoms with Crippen molar-refractivity contribution in [2.45, 2.75) is 31.9 Å². The van der Waals surface area contributed by atoms with E-state index in [1.165, 1.54) is 6.26 Å². The summed E-state index contributed by atoms with van der Waals surface area (Å²) in [6.45, 7) is 1.17. The average molecular weight is 239 g/mol. The molecule has 5 heteroatoms. The summed E-state index contributed by atoms with van der Waals surface area (Å²) in [5, 5.41) is 21.7.